The smallest absolute Gasteiger partial charge is 0.222 e. The number of hydrogen-bond acceptors (Lipinski definition) is 3. The molecule has 3 aliphatic heterocycles. The van der Waals surface area contributed by atoms with Crippen LogP contribution < -0.4 is 10.2 Å². The Balaban J connectivity index is 1.41. The van der Waals surface area contributed by atoms with Crippen LogP contribution in [0.5, 0.6) is 0 Å². The molecule has 3 heterocycles. The monoisotopic (exact) mass is 411 g/mol. The van der Waals surface area contributed by atoms with Crippen LogP contribution in [-0.2, 0) is 4.79 Å². The first-order valence-corrected chi connectivity index (χ1v) is 11.8. The van der Waals surface area contributed by atoms with Crippen LogP contribution in [0.4, 0.5) is 5.69 Å². The predicted octanol–water partition coefficient (Wildman–Crippen LogP) is 3.05. The summed E-state index contributed by atoms with van der Waals surface area (Å²) in [5, 5.41) is 3.68. The Morgan fingerprint density at radius 3 is 2.83 bits per heavy atom. The molecule has 0 radical (unpaired) electrons. The van der Waals surface area contributed by atoms with Crippen LogP contribution in [0.3, 0.4) is 0 Å². The maximum atomic E-state index is 12.0. The van der Waals surface area contributed by atoms with E-state index in [9.17, 15) is 4.79 Å². The summed E-state index contributed by atoms with van der Waals surface area (Å²) >= 11 is 0. The lowest BCUT2D eigenvalue weighted by atomic mass is 9.98. The van der Waals surface area contributed by atoms with Crippen molar-refractivity contribution >= 4 is 17.6 Å². The van der Waals surface area contributed by atoms with Crippen molar-refractivity contribution in [3.8, 4) is 0 Å². The van der Waals surface area contributed by atoms with E-state index in [0.29, 0.717) is 17.9 Å². The zero-order valence-corrected chi connectivity index (χ0v) is 18.6. The van der Waals surface area contributed by atoms with Gasteiger partial charge in [-0.05, 0) is 50.4 Å². The van der Waals surface area contributed by atoms with Crippen LogP contribution in [0.1, 0.15) is 56.9 Å². The number of carbonyl (C=O) groups is 1. The summed E-state index contributed by atoms with van der Waals surface area (Å²) in [6.07, 6.45) is 6.66. The van der Waals surface area contributed by atoms with Gasteiger partial charge < -0.3 is 15.1 Å². The van der Waals surface area contributed by atoms with Crippen molar-refractivity contribution in [2.24, 2.45) is 4.99 Å². The molecule has 0 aromatic heterocycles. The van der Waals surface area contributed by atoms with Gasteiger partial charge in [-0.3, -0.25) is 14.7 Å². The van der Waals surface area contributed by atoms with Gasteiger partial charge in [0, 0.05) is 57.3 Å². The van der Waals surface area contributed by atoms with Crippen LogP contribution in [0.15, 0.2) is 29.3 Å². The summed E-state index contributed by atoms with van der Waals surface area (Å²) in [6.45, 7) is 8.27. The number of likely N-dealkylation sites (tertiary alicyclic amines) is 2. The minimum atomic E-state index is 0.323. The van der Waals surface area contributed by atoms with E-state index in [1.807, 2.05) is 11.9 Å². The number of guanidine groups is 1. The third-order valence-electron chi connectivity index (χ3n) is 7.11. The number of para-hydroxylation sites is 1. The van der Waals surface area contributed by atoms with Crippen LogP contribution >= 0.6 is 0 Å². The fourth-order valence-corrected chi connectivity index (χ4v) is 5.41. The molecule has 0 saturated carbocycles. The molecule has 2 saturated heterocycles. The van der Waals surface area contributed by atoms with Crippen LogP contribution in [0.2, 0.25) is 0 Å². The van der Waals surface area contributed by atoms with E-state index in [2.05, 4.69) is 51.3 Å². The molecule has 3 aliphatic rings. The number of anilines is 1. The average Bonchev–Trinajstić information content (AvgIpc) is 3.36. The average molecular weight is 412 g/mol. The lowest BCUT2D eigenvalue weighted by molar-refractivity contribution is -0.127. The molecule has 2 unspecified atom stereocenters. The third-order valence-corrected chi connectivity index (χ3v) is 7.11. The van der Waals surface area contributed by atoms with Gasteiger partial charge in [-0.25, -0.2) is 0 Å². The number of fused-ring (bicyclic) bond motifs is 1. The molecule has 0 aliphatic carbocycles. The van der Waals surface area contributed by atoms with E-state index in [1.54, 1.807) is 0 Å². The highest BCUT2D eigenvalue weighted by Crippen LogP contribution is 2.38. The first-order valence-electron chi connectivity index (χ1n) is 11.8. The summed E-state index contributed by atoms with van der Waals surface area (Å²) in [5.41, 5.74) is 2.65. The van der Waals surface area contributed by atoms with Crippen molar-refractivity contribution in [2.75, 3.05) is 51.2 Å². The van der Waals surface area contributed by atoms with Gasteiger partial charge in [0.15, 0.2) is 5.96 Å². The zero-order chi connectivity index (χ0) is 20.9. The molecule has 6 nitrogen and oxygen atoms in total. The second kappa shape index (κ2) is 9.82. The number of nitrogens with zero attached hydrogens (tertiary/aromatic N) is 4. The van der Waals surface area contributed by atoms with E-state index in [-0.39, 0.29) is 0 Å². The Bertz CT molecular complexity index is 764. The van der Waals surface area contributed by atoms with Crippen molar-refractivity contribution in [3.63, 3.8) is 0 Å². The van der Waals surface area contributed by atoms with Gasteiger partial charge in [0.2, 0.25) is 5.91 Å². The molecule has 1 aromatic carbocycles. The number of aliphatic imine (C=N–C) groups is 1. The highest BCUT2D eigenvalue weighted by molar-refractivity contribution is 5.98. The van der Waals surface area contributed by atoms with E-state index in [1.165, 1.54) is 37.1 Å². The minimum absolute atomic E-state index is 0.323. The molecule has 2 atom stereocenters. The number of hydrogen-bond donors (Lipinski definition) is 1. The number of rotatable bonds is 6. The molecule has 164 valence electrons. The van der Waals surface area contributed by atoms with Crippen LogP contribution in [0, 0.1) is 0 Å². The second-order valence-electron chi connectivity index (χ2n) is 8.85. The number of piperidine rings is 1. The zero-order valence-electron chi connectivity index (χ0n) is 18.6. The van der Waals surface area contributed by atoms with Crippen molar-refractivity contribution in [3.05, 3.63) is 29.8 Å². The minimum Gasteiger partial charge on any atom is -0.354 e. The maximum absolute atomic E-state index is 12.0. The molecule has 2 fully saturated rings. The Hall–Kier alpha value is -2.08. The number of amides is 1. The van der Waals surface area contributed by atoms with Crippen molar-refractivity contribution in [1.29, 1.82) is 0 Å². The molecule has 0 spiro atoms. The third kappa shape index (κ3) is 4.48. The largest absolute Gasteiger partial charge is 0.354 e. The summed E-state index contributed by atoms with van der Waals surface area (Å²) < 4.78 is 0. The van der Waals surface area contributed by atoms with Gasteiger partial charge in [0.25, 0.3) is 0 Å². The molecular formula is C24H37N5O. The molecule has 4 rings (SSSR count). The van der Waals surface area contributed by atoms with Gasteiger partial charge in [-0.2, -0.15) is 0 Å². The van der Waals surface area contributed by atoms with Gasteiger partial charge in [-0.15, -0.1) is 0 Å². The number of likely N-dealkylation sites (N-methyl/N-ethyl adjacent to an activating group) is 1. The molecule has 30 heavy (non-hydrogen) atoms. The highest BCUT2D eigenvalue weighted by atomic mass is 16.2. The lowest BCUT2D eigenvalue weighted by Gasteiger charge is -2.36. The highest BCUT2D eigenvalue weighted by Gasteiger charge is 2.32. The fourth-order valence-electron chi connectivity index (χ4n) is 5.41. The summed E-state index contributed by atoms with van der Waals surface area (Å²) in [6, 6.07) is 9.30. The summed E-state index contributed by atoms with van der Waals surface area (Å²) in [5.74, 6) is 1.74. The molecule has 1 N–H and O–H groups in total. The Labute approximate surface area is 181 Å². The van der Waals surface area contributed by atoms with E-state index in [0.717, 1.165) is 57.9 Å². The van der Waals surface area contributed by atoms with Crippen LogP contribution in [0.25, 0.3) is 0 Å². The number of nitrogens with one attached hydrogen (secondary N) is 1. The first kappa shape index (κ1) is 21.2. The van der Waals surface area contributed by atoms with Crippen LogP contribution in [-0.4, -0.2) is 74.0 Å². The van der Waals surface area contributed by atoms with Gasteiger partial charge in [0.1, 0.15) is 0 Å². The second-order valence-corrected chi connectivity index (χ2v) is 8.85. The number of benzene rings is 1. The van der Waals surface area contributed by atoms with Crippen molar-refractivity contribution < 1.29 is 4.79 Å². The fraction of sp³-hybridized carbons (Fsp3) is 0.667. The SMILES string of the molecule is CCN1CCCCC1CNC(=NC)N1CC(CCN2CCCC2=O)c2ccccc21. The van der Waals surface area contributed by atoms with Gasteiger partial charge in [-0.1, -0.05) is 31.5 Å². The molecule has 1 amide bonds. The number of carbonyl (C=O) groups excluding carboxylic acids is 1. The summed E-state index contributed by atoms with van der Waals surface area (Å²) in [4.78, 5) is 23.6. The van der Waals surface area contributed by atoms with Crippen molar-refractivity contribution in [2.45, 2.75) is 57.4 Å². The first-order chi connectivity index (χ1) is 14.7. The standard InChI is InChI=1S/C24H37N5O/c1-3-27-14-7-6-9-20(27)17-26-24(25-2)29-18-19(21-10-4-5-11-22(21)29)13-16-28-15-8-12-23(28)30/h4-5,10-11,19-20H,3,6-9,12-18H2,1-2H3,(H,25,26). The van der Waals surface area contributed by atoms with Gasteiger partial charge in [0.05, 0.1) is 0 Å². The Morgan fingerprint density at radius 1 is 1.20 bits per heavy atom. The van der Waals surface area contributed by atoms with E-state index in [4.69, 9.17) is 0 Å². The quantitative estimate of drug-likeness (QED) is 0.577. The predicted molar refractivity (Wildman–Crippen MR) is 123 cm³/mol. The molecular weight excluding hydrogens is 374 g/mol. The molecule has 0 bridgehead atoms. The maximum Gasteiger partial charge on any atom is 0.222 e. The normalized spacial score (nSPS) is 25.1. The molecule has 1 aromatic rings. The van der Waals surface area contributed by atoms with Crippen molar-refractivity contribution in [1.82, 2.24) is 15.1 Å². The van der Waals surface area contributed by atoms with E-state index < -0.39 is 0 Å². The summed E-state index contributed by atoms with van der Waals surface area (Å²) in [7, 11) is 1.89. The van der Waals surface area contributed by atoms with E-state index >= 15 is 0 Å². The molecule has 6 heteroatoms. The Kier molecular flexibility index (Phi) is 6.93. The lowest BCUT2D eigenvalue weighted by Crippen LogP contribution is -2.50. The van der Waals surface area contributed by atoms with Gasteiger partial charge >= 0.3 is 0 Å². The topological polar surface area (TPSA) is 51.2 Å². The Morgan fingerprint density at radius 2 is 2.07 bits per heavy atom.